The Morgan fingerprint density at radius 1 is 1.48 bits per heavy atom. The minimum absolute atomic E-state index is 0.0289. The fourth-order valence-corrected chi connectivity index (χ4v) is 3.82. The van der Waals surface area contributed by atoms with Crippen molar-refractivity contribution in [3.8, 4) is 0 Å². The zero-order valence-corrected chi connectivity index (χ0v) is 13.4. The molecule has 1 atom stereocenters. The molecule has 0 fully saturated rings. The molecule has 1 aromatic rings. The lowest BCUT2D eigenvalue weighted by Crippen LogP contribution is -2.52. The number of fused-ring (bicyclic) bond motifs is 1. The summed E-state index contributed by atoms with van der Waals surface area (Å²) in [4.78, 5) is 13.6. The minimum Gasteiger partial charge on any atom is -0.478 e. The number of benzene rings is 1. The van der Waals surface area contributed by atoms with Crippen LogP contribution in [0.5, 0.6) is 0 Å². The van der Waals surface area contributed by atoms with Crippen molar-refractivity contribution < 1.29 is 14.3 Å². The summed E-state index contributed by atoms with van der Waals surface area (Å²) in [6.07, 6.45) is 0.951. The lowest BCUT2D eigenvalue weighted by molar-refractivity contribution is 0.0694. The number of rotatable bonds is 3. The maximum absolute atomic E-state index is 13.3. The standard InChI is InChI=1S/C17H24FNO2/c1-10(2)19-15-6-12(9-18)14(16(20)21)7-13(15)11(3)8-17(19,4)5/h6-7,10-11H,8-9H2,1-5H3,(H,20,21)/t11-/m1/s1. The van der Waals surface area contributed by atoms with E-state index in [9.17, 15) is 14.3 Å². The number of carbonyl (C=O) groups is 1. The monoisotopic (exact) mass is 293 g/mol. The Morgan fingerprint density at radius 3 is 2.57 bits per heavy atom. The minimum atomic E-state index is -1.06. The Labute approximate surface area is 125 Å². The summed E-state index contributed by atoms with van der Waals surface area (Å²) in [5.74, 6) is -0.796. The summed E-state index contributed by atoms with van der Waals surface area (Å²) >= 11 is 0. The molecular weight excluding hydrogens is 269 g/mol. The molecule has 0 spiro atoms. The molecule has 0 saturated heterocycles. The Hall–Kier alpha value is -1.58. The summed E-state index contributed by atoms with van der Waals surface area (Å²) < 4.78 is 13.3. The molecule has 116 valence electrons. The largest absolute Gasteiger partial charge is 0.478 e. The fraction of sp³-hybridized carbons (Fsp3) is 0.588. The Kier molecular flexibility index (Phi) is 4.00. The summed E-state index contributed by atoms with van der Waals surface area (Å²) in [5, 5.41) is 9.28. The first-order valence-corrected chi connectivity index (χ1v) is 7.44. The second-order valence-electron chi connectivity index (χ2n) is 6.89. The lowest BCUT2D eigenvalue weighted by atomic mass is 9.78. The van der Waals surface area contributed by atoms with Crippen LogP contribution in [0.2, 0.25) is 0 Å². The van der Waals surface area contributed by atoms with Gasteiger partial charge in [-0.05, 0) is 63.3 Å². The van der Waals surface area contributed by atoms with Crippen LogP contribution in [0.3, 0.4) is 0 Å². The highest BCUT2D eigenvalue weighted by Gasteiger charge is 2.38. The van der Waals surface area contributed by atoms with Gasteiger partial charge < -0.3 is 10.0 Å². The number of aromatic carboxylic acids is 1. The number of anilines is 1. The lowest BCUT2D eigenvalue weighted by Gasteiger charge is -2.50. The first kappa shape index (κ1) is 15.8. The predicted molar refractivity (Wildman–Crippen MR) is 82.9 cm³/mol. The van der Waals surface area contributed by atoms with Gasteiger partial charge in [0.1, 0.15) is 6.67 Å². The molecule has 0 saturated carbocycles. The van der Waals surface area contributed by atoms with E-state index >= 15 is 0 Å². The highest BCUT2D eigenvalue weighted by atomic mass is 19.1. The van der Waals surface area contributed by atoms with E-state index in [4.69, 9.17) is 0 Å². The number of halogens is 1. The quantitative estimate of drug-likeness (QED) is 0.900. The van der Waals surface area contributed by atoms with Crippen LogP contribution in [0.4, 0.5) is 10.1 Å². The molecule has 1 N–H and O–H groups in total. The van der Waals surface area contributed by atoms with Crippen LogP contribution in [0.1, 0.15) is 68.4 Å². The van der Waals surface area contributed by atoms with Gasteiger partial charge >= 0.3 is 5.97 Å². The zero-order chi connectivity index (χ0) is 15.9. The van der Waals surface area contributed by atoms with Crippen LogP contribution in [0, 0.1) is 0 Å². The molecule has 0 amide bonds. The average Bonchev–Trinajstić information content (AvgIpc) is 2.35. The molecule has 1 aliphatic heterocycles. The van der Waals surface area contributed by atoms with Gasteiger partial charge in [0.05, 0.1) is 5.56 Å². The van der Waals surface area contributed by atoms with Crippen LogP contribution in [0.15, 0.2) is 12.1 Å². The third-order valence-corrected chi connectivity index (χ3v) is 4.39. The van der Waals surface area contributed by atoms with Crippen LogP contribution < -0.4 is 4.90 Å². The maximum atomic E-state index is 13.3. The molecule has 21 heavy (non-hydrogen) atoms. The van der Waals surface area contributed by atoms with E-state index in [1.807, 2.05) is 0 Å². The van der Waals surface area contributed by atoms with Crippen LogP contribution in [-0.2, 0) is 6.67 Å². The van der Waals surface area contributed by atoms with E-state index in [1.165, 1.54) is 0 Å². The van der Waals surface area contributed by atoms with Gasteiger partial charge in [0, 0.05) is 17.3 Å². The highest BCUT2D eigenvalue weighted by molar-refractivity contribution is 5.91. The molecule has 1 aromatic carbocycles. The van der Waals surface area contributed by atoms with Crippen LogP contribution in [0.25, 0.3) is 0 Å². The second kappa shape index (κ2) is 5.32. The van der Waals surface area contributed by atoms with Gasteiger partial charge in [-0.25, -0.2) is 9.18 Å². The highest BCUT2D eigenvalue weighted by Crippen LogP contribution is 2.45. The molecule has 1 heterocycles. The number of carboxylic acids is 1. The molecule has 0 aliphatic carbocycles. The van der Waals surface area contributed by atoms with Gasteiger partial charge in [-0.2, -0.15) is 0 Å². The average molecular weight is 293 g/mol. The first-order chi connectivity index (χ1) is 9.69. The third kappa shape index (κ3) is 2.63. The SMILES string of the molecule is CC(C)N1c2cc(CF)c(C(=O)O)cc2[C@H](C)CC1(C)C. The Morgan fingerprint density at radius 2 is 2.10 bits per heavy atom. The van der Waals surface area contributed by atoms with Gasteiger partial charge in [0.2, 0.25) is 0 Å². The van der Waals surface area contributed by atoms with Crippen molar-refractivity contribution in [2.45, 2.75) is 65.2 Å². The van der Waals surface area contributed by atoms with E-state index in [-0.39, 0.29) is 28.6 Å². The number of hydrogen-bond donors (Lipinski definition) is 1. The predicted octanol–water partition coefficient (Wildman–Crippen LogP) is 4.35. The van der Waals surface area contributed by atoms with Gasteiger partial charge in [-0.3, -0.25) is 0 Å². The Bertz CT molecular complexity index is 566. The van der Waals surface area contributed by atoms with Gasteiger partial charge in [-0.1, -0.05) is 6.92 Å². The van der Waals surface area contributed by atoms with E-state index < -0.39 is 12.6 Å². The third-order valence-electron chi connectivity index (χ3n) is 4.39. The molecule has 0 unspecified atom stereocenters. The van der Waals surface area contributed by atoms with E-state index in [2.05, 4.69) is 39.5 Å². The van der Waals surface area contributed by atoms with Crippen molar-refractivity contribution in [1.29, 1.82) is 0 Å². The molecule has 3 nitrogen and oxygen atoms in total. The van der Waals surface area contributed by atoms with Crippen molar-refractivity contribution in [1.82, 2.24) is 0 Å². The van der Waals surface area contributed by atoms with Crippen molar-refractivity contribution in [2.75, 3.05) is 4.90 Å². The van der Waals surface area contributed by atoms with Crippen molar-refractivity contribution >= 4 is 11.7 Å². The molecule has 1 aliphatic rings. The molecule has 0 bridgehead atoms. The number of carboxylic acid groups (broad SMARTS) is 1. The summed E-state index contributed by atoms with van der Waals surface area (Å²) in [7, 11) is 0. The van der Waals surface area contributed by atoms with Gasteiger partial charge in [0.15, 0.2) is 0 Å². The summed E-state index contributed by atoms with van der Waals surface area (Å²) in [5.41, 5.74) is 2.31. The van der Waals surface area contributed by atoms with Crippen molar-refractivity contribution in [3.63, 3.8) is 0 Å². The number of alkyl halides is 1. The number of nitrogens with zero attached hydrogens (tertiary/aromatic N) is 1. The van der Waals surface area contributed by atoms with Gasteiger partial charge in [-0.15, -0.1) is 0 Å². The topological polar surface area (TPSA) is 40.5 Å². The first-order valence-electron chi connectivity index (χ1n) is 7.44. The van der Waals surface area contributed by atoms with Gasteiger partial charge in [0.25, 0.3) is 0 Å². The molecule has 4 heteroatoms. The normalized spacial score (nSPS) is 20.5. The molecular formula is C17H24FNO2. The summed E-state index contributed by atoms with van der Waals surface area (Å²) in [6, 6.07) is 3.67. The van der Waals surface area contributed by atoms with Crippen molar-refractivity contribution in [3.05, 3.63) is 28.8 Å². The van der Waals surface area contributed by atoms with Crippen molar-refractivity contribution in [2.24, 2.45) is 0 Å². The van der Waals surface area contributed by atoms with E-state index in [0.29, 0.717) is 0 Å². The fourth-order valence-electron chi connectivity index (χ4n) is 3.82. The molecule has 0 aromatic heterocycles. The van der Waals surface area contributed by atoms with Crippen LogP contribution in [-0.4, -0.2) is 22.7 Å². The molecule has 0 radical (unpaired) electrons. The second-order valence-corrected chi connectivity index (χ2v) is 6.89. The molecule has 2 rings (SSSR count). The number of hydrogen-bond acceptors (Lipinski definition) is 2. The van der Waals surface area contributed by atoms with E-state index in [0.717, 1.165) is 17.7 Å². The smallest absolute Gasteiger partial charge is 0.336 e. The van der Waals surface area contributed by atoms with E-state index in [1.54, 1.807) is 12.1 Å². The van der Waals surface area contributed by atoms with Crippen LogP contribution >= 0.6 is 0 Å². The Balaban J connectivity index is 2.69. The maximum Gasteiger partial charge on any atom is 0.336 e. The zero-order valence-electron chi connectivity index (χ0n) is 13.4. The summed E-state index contributed by atoms with van der Waals surface area (Å²) in [6.45, 7) is 9.96.